The van der Waals surface area contributed by atoms with Gasteiger partial charge in [-0.1, -0.05) is 12.1 Å². The van der Waals surface area contributed by atoms with E-state index in [4.69, 9.17) is 24.2 Å². The van der Waals surface area contributed by atoms with E-state index in [1.807, 2.05) is 6.92 Å². The molecular formula is C29H28F2N6O3. The van der Waals surface area contributed by atoms with Gasteiger partial charge in [-0.3, -0.25) is 4.79 Å². The first-order valence-corrected chi connectivity index (χ1v) is 12.8. The molecule has 4 aromatic heterocycles. The van der Waals surface area contributed by atoms with Crippen LogP contribution in [0.4, 0.5) is 8.78 Å². The van der Waals surface area contributed by atoms with Gasteiger partial charge in [0.15, 0.2) is 11.5 Å². The molecule has 1 aromatic carbocycles. The number of nitrogens with zero attached hydrogens (tertiary/aromatic N) is 6. The second-order valence-corrected chi connectivity index (χ2v) is 9.67. The number of ether oxygens (including phenoxy) is 1. The van der Waals surface area contributed by atoms with Crippen LogP contribution in [0.1, 0.15) is 54.7 Å². The molecule has 0 radical (unpaired) electrons. The summed E-state index contributed by atoms with van der Waals surface area (Å²) in [5.41, 5.74) is 2.62. The zero-order valence-electron chi connectivity index (χ0n) is 22.8. The third-order valence-electron chi connectivity index (χ3n) is 6.96. The largest absolute Gasteiger partial charge is 0.377 e. The lowest BCUT2D eigenvalue weighted by Crippen LogP contribution is -2.18. The average molecular weight is 547 g/mol. The molecule has 0 fully saturated rings. The van der Waals surface area contributed by atoms with Crippen molar-refractivity contribution in [2.75, 3.05) is 7.11 Å². The van der Waals surface area contributed by atoms with Crippen molar-refractivity contribution in [2.45, 2.75) is 45.6 Å². The van der Waals surface area contributed by atoms with E-state index in [2.05, 4.69) is 10.1 Å². The van der Waals surface area contributed by atoms with Gasteiger partial charge in [-0.25, -0.2) is 23.7 Å². The second-order valence-electron chi connectivity index (χ2n) is 9.67. The Hall–Kier alpha value is -4.38. The highest BCUT2D eigenvalue weighted by Gasteiger charge is 2.25. The quantitative estimate of drug-likeness (QED) is 0.247. The number of rotatable bonds is 8. The third-order valence-corrected chi connectivity index (χ3v) is 6.96. The lowest BCUT2D eigenvalue weighted by Gasteiger charge is -2.22. The number of fused-ring (bicyclic) bond motifs is 1. The van der Waals surface area contributed by atoms with Crippen LogP contribution < -0.4 is 5.56 Å². The predicted molar refractivity (Wildman–Crippen MR) is 145 cm³/mol. The molecule has 0 aliphatic carbocycles. The van der Waals surface area contributed by atoms with Crippen molar-refractivity contribution in [2.24, 2.45) is 7.05 Å². The van der Waals surface area contributed by atoms with Gasteiger partial charge >= 0.3 is 0 Å². The first-order valence-electron chi connectivity index (χ1n) is 12.8. The summed E-state index contributed by atoms with van der Waals surface area (Å²) in [6.45, 7) is 5.51. The first-order chi connectivity index (χ1) is 19.2. The molecule has 0 amide bonds. The van der Waals surface area contributed by atoms with E-state index in [9.17, 15) is 9.18 Å². The van der Waals surface area contributed by atoms with Gasteiger partial charge in [-0.05, 0) is 56.5 Å². The molecule has 206 valence electrons. The number of hydrogen-bond donors (Lipinski definition) is 0. The Morgan fingerprint density at radius 2 is 1.82 bits per heavy atom. The standard InChI is InChI=1S/C29H28F2N6O3/c1-6-17(11-24(39-5)18-7-10-25(38)37(4)14-18)27-34-26(20-9-8-19(30)12-23(20)31)22-13-21(15(2)32-28(22)35-27)29-33-16(3)36-40-29/h7-10,12-14,17,24H,6,11H2,1-5H3. The van der Waals surface area contributed by atoms with Crippen LogP contribution in [0.2, 0.25) is 0 Å². The summed E-state index contributed by atoms with van der Waals surface area (Å²) < 4.78 is 41.6. The van der Waals surface area contributed by atoms with Gasteiger partial charge in [0.05, 0.1) is 23.1 Å². The smallest absolute Gasteiger partial charge is 0.259 e. The molecule has 40 heavy (non-hydrogen) atoms. The Bertz CT molecular complexity index is 1770. The van der Waals surface area contributed by atoms with Gasteiger partial charge < -0.3 is 13.8 Å². The number of pyridine rings is 2. The van der Waals surface area contributed by atoms with Crippen LogP contribution in [-0.4, -0.2) is 36.8 Å². The maximum atomic E-state index is 15.1. The van der Waals surface area contributed by atoms with Crippen molar-refractivity contribution < 1.29 is 18.0 Å². The van der Waals surface area contributed by atoms with Crippen molar-refractivity contribution in [3.8, 4) is 22.7 Å². The van der Waals surface area contributed by atoms with E-state index in [0.717, 1.165) is 11.6 Å². The van der Waals surface area contributed by atoms with E-state index in [1.54, 1.807) is 46.3 Å². The van der Waals surface area contributed by atoms with E-state index in [0.29, 0.717) is 46.8 Å². The van der Waals surface area contributed by atoms with Crippen molar-refractivity contribution >= 4 is 11.0 Å². The summed E-state index contributed by atoms with van der Waals surface area (Å²) in [7, 11) is 3.29. The molecule has 0 aliphatic rings. The van der Waals surface area contributed by atoms with Gasteiger partial charge in [0.25, 0.3) is 5.89 Å². The molecule has 0 N–H and O–H groups in total. The summed E-state index contributed by atoms with van der Waals surface area (Å²) in [5.74, 6) is -0.464. The van der Waals surface area contributed by atoms with Gasteiger partial charge in [-0.15, -0.1) is 0 Å². The number of aryl methyl sites for hydroxylation is 3. The Kier molecular flexibility index (Phi) is 7.49. The minimum Gasteiger partial charge on any atom is -0.377 e. The van der Waals surface area contributed by atoms with Crippen LogP contribution in [0.15, 0.2) is 51.9 Å². The minimum absolute atomic E-state index is 0.115. The van der Waals surface area contributed by atoms with Crippen LogP contribution >= 0.6 is 0 Å². The monoisotopic (exact) mass is 546 g/mol. The fraction of sp³-hybridized carbons (Fsp3) is 0.310. The van der Waals surface area contributed by atoms with E-state index >= 15 is 4.39 Å². The maximum absolute atomic E-state index is 15.1. The lowest BCUT2D eigenvalue weighted by molar-refractivity contribution is 0.0870. The van der Waals surface area contributed by atoms with Crippen molar-refractivity contribution in [1.29, 1.82) is 0 Å². The Balaban J connectivity index is 1.66. The van der Waals surface area contributed by atoms with Crippen LogP contribution in [-0.2, 0) is 11.8 Å². The van der Waals surface area contributed by atoms with Crippen molar-refractivity contribution in [1.82, 2.24) is 29.7 Å². The molecule has 11 heteroatoms. The number of methoxy groups -OCH3 is 1. The fourth-order valence-corrected chi connectivity index (χ4v) is 4.74. The minimum atomic E-state index is -0.755. The van der Waals surface area contributed by atoms with Crippen LogP contribution in [0.5, 0.6) is 0 Å². The lowest BCUT2D eigenvalue weighted by atomic mass is 9.94. The zero-order valence-corrected chi connectivity index (χ0v) is 22.8. The molecule has 0 spiro atoms. The predicted octanol–water partition coefficient (Wildman–Crippen LogP) is 5.61. The van der Waals surface area contributed by atoms with Crippen molar-refractivity contribution in [3.05, 3.63) is 87.5 Å². The van der Waals surface area contributed by atoms with Gasteiger partial charge in [0.1, 0.15) is 17.5 Å². The van der Waals surface area contributed by atoms with E-state index in [1.165, 1.54) is 22.8 Å². The average Bonchev–Trinajstić information content (AvgIpc) is 3.36. The van der Waals surface area contributed by atoms with Gasteiger partial charge in [0.2, 0.25) is 5.56 Å². The topological polar surface area (TPSA) is 109 Å². The highest BCUT2D eigenvalue weighted by Crippen LogP contribution is 2.36. The van der Waals surface area contributed by atoms with Gasteiger partial charge in [-0.2, -0.15) is 4.98 Å². The molecule has 0 saturated carbocycles. The highest BCUT2D eigenvalue weighted by molar-refractivity contribution is 5.93. The van der Waals surface area contributed by atoms with Crippen LogP contribution in [0, 0.1) is 25.5 Å². The summed E-state index contributed by atoms with van der Waals surface area (Å²) in [6, 6.07) is 8.36. The molecule has 0 bridgehead atoms. The summed E-state index contributed by atoms with van der Waals surface area (Å²) >= 11 is 0. The molecule has 4 heterocycles. The normalized spacial score (nSPS) is 13.1. The Morgan fingerprint density at radius 3 is 2.48 bits per heavy atom. The molecule has 5 rings (SSSR count). The molecule has 0 aliphatic heterocycles. The summed E-state index contributed by atoms with van der Waals surface area (Å²) in [6.07, 6.45) is 2.55. The maximum Gasteiger partial charge on any atom is 0.259 e. The third kappa shape index (κ3) is 5.24. The fourth-order valence-electron chi connectivity index (χ4n) is 4.74. The number of hydrogen-bond acceptors (Lipinski definition) is 8. The molecule has 0 saturated heterocycles. The number of aromatic nitrogens is 6. The highest BCUT2D eigenvalue weighted by atomic mass is 19.1. The molecule has 9 nitrogen and oxygen atoms in total. The Labute approximate surface area is 228 Å². The zero-order chi connectivity index (χ0) is 28.6. The molecule has 2 unspecified atom stereocenters. The van der Waals surface area contributed by atoms with Crippen molar-refractivity contribution in [3.63, 3.8) is 0 Å². The molecule has 2 atom stereocenters. The first kappa shape index (κ1) is 27.2. The van der Waals surface area contributed by atoms with E-state index < -0.39 is 11.6 Å². The van der Waals surface area contributed by atoms with Gasteiger partial charge in [0, 0.05) is 49.4 Å². The van der Waals surface area contributed by atoms with Crippen LogP contribution in [0.3, 0.4) is 0 Å². The summed E-state index contributed by atoms with van der Waals surface area (Å²) in [5, 5.41) is 4.32. The SMILES string of the molecule is CCC(CC(OC)c1ccc(=O)n(C)c1)c1nc(-c2ccc(F)cc2F)c2cc(-c3nc(C)no3)c(C)nc2n1. The molecule has 5 aromatic rings. The number of halogens is 2. The van der Waals surface area contributed by atoms with Crippen LogP contribution in [0.25, 0.3) is 33.7 Å². The van der Waals surface area contributed by atoms with E-state index in [-0.39, 0.29) is 34.7 Å². The summed E-state index contributed by atoms with van der Waals surface area (Å²) in [4.78, 5) is 30.5. The second kappa shape index (κ2) is 11.0. The number of benzene rings is 1. The molecular weight excluding hydrogens is 518 g/mol. The Morgan fingerprint density at radius 1 is 1.02 bits per heavy atom.